The van der Waals surface area contributed by atoms with E-state index < -0.39 is 120 Å². The maximum Gasteiger partial charge on any atom is 0.349 e. The number of methoxy groups -OCH3 is 1. The molecular formula is C79H89Cl2N9O20. The Morgan fingerprint density at radius 2 is 1.19 bits per heavy atom. The summed E-state index contributed by atoms with van der Waals surface area (Å²) in [6.07, 6.45) is 7.54. The SMILES string of the molecule is C=CCOC(=O)/C=N/[C@H](CC(C)C)C(=O)N[C@H]1C(=O)N[C@@H](CC(=O)NC(=O)NCCCCCCCC)C(=O)N[C@H]2C(=O)N[C@H]3C(=O)N[C@H](C(=O)N[C@H](C(=O)OCC=C)c4cc(OCC=C)cc(OCC=C)c4-c4cc3ccc4OCC=C)[C@H](O)c3ccc(c(Cl)c3)Oc3cc2cc(c3OC)Oc2ccc(cc2Cl)[C@H]1O. The Morgan fingerprint density at radius 3 is 1.82 bits per heavy atom. The first kappa shape index (κ1) is 84.1. The molecule has 0 saturated carbocycles. The number of carbonyl (C=O) groups is 10. The first-order valence-corrected chi connectivity index (χ1v) is 36.2. The van der Waals surface area contributed by atoms with Gasteiger partial charge < -0.3 is 85.3 Å². The lowest BCUT2D eigenvalue weighted by Crippen LogP contribution is -2.58. The molecule has 11 bridgehead atoms. The van der Waals surface area contributed by atoms with Crippen molar-refractivity contribution < 1.29 is 96.1 Å². The summed E-state index contributed by atoms with van der Waals surface area (Å²) in [5.74, 6) is -12.2. The number of nitrogens with one attached hydrogen (secondary N) is 8. The number of imide groups is 1. The van der Waals surface area contributed by atoms with Gasteiger partial charge in [0.2, 0.25) is 47.1 Å². The zero-order valence-corrected chi connectivity index (χ0v) is 62.6. The smallest absolute Gasteiger partial charge is 0.349 e. The number of nitrogens with zero attached hydrogens (tertiary/aromatic N) is 1. The third kappa shape index (κ3) is 22.1. The van der Waals surface area contributed by atoms with E-state index in [-0.39, 0.29) is 147 Å². The predicted molar refractivity (Wildman–Crippen MR) is 407 cm³/mol. The third-order valence-electron chi connectivity index (χ3n) is 17.3. The van der Waals surface area contributed by atoms with Crippen LogP contribution in [-0.2, 0) is 52.6 Å². The third-order valence-corrected chi connectivity index (χ3v) is 17.9. The zero-order chi connectivity index (χ0) is 79.7. The number of ether oxygens (including phenoxy) is 8. The van der Waals surface area contributed by atoms with Crippen LogP contribution in [0.25, 0.3) is 11.1 Å². The molecule has 0 aliphatic carbocycles. The second-order valence-electron chi connectivity index (χ2n) is 25.9. The summed E-state index contributed by atoms with van der Waals surface area (Å²) in [4.78, 5) is 153. The van der Waals surface area contributed by atoms with Crippen molar-refractivity contribution in [1.82, 2.24) is 42.5 Å². The average molecular weight is 1560 g/mol. The fraction of sp³-hybridized carbons (Fsp3) is 0.354. The Morgan fingerprint density at radius 1 is 0.609 bits per heavy atom. The molecule has 10 N–H and O–H groups in total. The maximum atomic E-state index is 16.3. The van der Waals surface area contributed by atoms with Crippen molar-refractivity contribution in [2.75, 3.05) is 46.7 Å². The number of unbranched alkanes of at least 4 members (excludes halogenated alkanes) is 5. The number of hydrogen-bond donors (Lipinski definition) is 10. The molecule has 110 heavy (non-hydrogen) atoms. The first-order chi connectivity index (χ1) is 52.8. The van der Waals surface area contributed by atoms with Gasteiger partial charge in [-0.2, -0.15) is 0 Å². The number of esters is 2. The van der Waals surface area contributed by atoms with Gasteiger partial charge in [0.05, 0.1) is 23.6 Å². The number of hydrogen-bond acceptors (Lipinski definition) is 21. The van der Waals surface area contributed by atoms with E-state index in [1.807, 2.05) is 0 Å². The fourth-order valence-corrected chi connectivity index (χ4v) is 12.4. The molecule has 5 aliphatic rings. The summed E-state index contributed by atoms with van der Waals surface area (Å²) in [6.45, 7) is 23.3. The minimum Gasteiger partial charge on any atom is -0.490 e. The molecule has 0 unspecified atom stereocenters. The van der Waals surface area contributed by atoms with Crippen molar-refractivity contribution in [1.29, 1.82) is 0 Å². The monoisotopic (exact) mass is 1550 g/mol. The average Bonchev–Trinajstić information content (AvgIpc) is 0.748. The summed E-state index contributed by atoms with van der Waals surface area (Å²) in [5.41, 5.74) is -0.698. The van der Waals surface area contributed by atoms with E-state index >= 15 is 24.0 Å². The van der Waals surface area contributed by atoms with Crippen LogP contribution >= 0.6 is 23.2 Å². The van der Waals surface area contributed by atoms with Crippen LogP contribution in [0.15, 0.2) is 147 Å². The van der Waals surface area contributed by atoms with Crippen molar-refractivity contribution in [3.63, 3.8) is 0 Å². The summed E-state index contributed by atoms with van der Waals surface area (Å²) >= 11 is 14.1. The van der Waals surface area contributed by atoms with E-state index in [2.05, 4.69) is 87.3 Å². The highest BCUT2D eigenvalue weighted by atomic mass is 35.5. The topological polar surface area (TPSA) is 394 Å². The van der Waals surface area contributed by atoms with Gasteiger partial charge in [0.25, 0.3) is 0 Å². The molecule has 0 saturated heterocycles. The number of aliphatic hydroxyl groups excluding tert-OH is 2. The molecule has 5 aromatic carbocycles. The molecule has 0 radical (unpaired) electrons. The van der Waals surface area contributed by atoms with Crippen molar-refractivity contribution in [3.8, 4) is 57.1 Å². The molecule has 9 amide bonds. The quantitative estimate of drug-likeness (QED) is 0.00885. The number of halogens is 2. The van der Waals surface area contributed by atoms with E-state index in [0.717, 1.165) is 38.3 Å². The summed E-state index contributed by atoms with van der Waals surface area (Å²) in [7, 11) is 1.23. The normalized spacial score (nSPS) is 19.1. The van der Waals surface area contributed by atoms with Gasteiger partial charge in [0, 0.05) is 29.3 Å². The van der Waals surface area contributed by atoms with E-state index in [0.29, 0.717) is 6.42 Å². The van der Waals surface area contributed by atoms with Crippen LogP contribution in [0.1, 0.15) is 130 Å². The van der Waals surface area contributed by atoms with E-state index in [1.165, 1.54) is 116 Å². The molecule has 5 heterocycles. The molecule has 584 valence electrons. The minimum atomic E-state index is -2.20. The Balaban J connectivity index is 1.39. The molecule has 29 nitrogen and oxygen atoms in total. The number of urea groups is 1. The van der Waals surface area contributed by atoms with Gasteiger partial charge in [0.1, 0.15) is 116 Å². The molecular weight excluding hydrogens is 1470 g/mol. The van der Waals surface area contributed by atoms with Crippen LogP contribution in [0.2, 0.25) is 10.0 Å². The van der Waals surface area contributed by atoms with Gasteiger partial charge in [-0.25, -0.2) is 14.4 Å². The van der Waals surface area contributed by atoms with Crippen LogP contribution in [0.5, 0.6) is 46.0 Å². The van der Waals surface area contributed by atoms with Gasteiger partial charge in [-0.1, -0.05) is 158 Å². The van der Waals surface area contributed by atoms with Gasteiger partial charge in [-0.05, 0) is 95.6 Å². The summed E-state index contributed by atoms with van der Waals surface area (Å²) in [6, 6.07) is 2.04. The van der Waals surface area contributed by atoms with Gasteiger partial charge >= 0.3 is 18.0 Å². The zero-order valence-electron chi connectivity index (χ0n) is 61.1. The molecule has 10 rings (SSSR count). The largest absolute Gasteiger partial charge is 0.490 e. The number of rotatable bonds is 30. The van der Waals surface area contributed by atoms with Crippen LogP contribution in [0.3, 0.4) is 0 Å². The highest BCUT2D eigenvalue weighted by Gasteiger charge is 2.43. The lowest BCUT2D eigenvalue weighted by Gasteiger charge is -2.32. The van der Waals surface area contributed by atoms with Crippen LogP contribution < -0.4 is 71.0 Å². The summed E-state index contributed by atoms with van der Waals surface area (Å²) in [5, 5.41) is 44.9. The molecule has 5 aliphatic heterocycles. The Bertz CT molecular complexity index is 4340. The lowest BCUT2D eigenvalue weighted by molar-refractivity contribution is -0.147. The molecule has 9 atom stereocenters. The highest BCUT2D eigenvalue weighted by molar-refractivity contribution is 6.32. The number of aliphatic imine (C=N–C) groups is 1. The van der Waals surface area contributed by atoms with Crippen LogP contribution in [-0.4, -0.2) is 147 Å². The molecule has 0 aromatic heterocycles. The van der Waals surface area contributed by atoms with E-state index in [4.69, 9.17) is 61.1 Å². The van der Waals surface area contributed by atoms with Gasteiger partial charge in [-0.15, -0.1) is 0 Å². The van der Waals surface area contributed by atoms with E-state index in [9.17, 15) is 34.2 Å². The second kappa shape index (κ2) is 40.6. The highest BCUT2D eigenvalue weighted by Crippen LogP contribution is 2.49. The number of amides is 9. The van der Waals surface area contributed by atoms with Crippen molar-refractivity contribution >= 4 is 88.7 Å². The number of carbonyl (C=O) groups excluding carboxylic acids is 10. The van der Waals surface area contributed by atoms with Gasteiger partial charge in [0.15, 0.2) is 17.5 Å². The fourth-order valence-electron chi connectivity index (χ4n) is 12.0. The van der Waals surface area contributed by atoms with Gasteiger partial charge in [-0.3, -0.25) is 43.9 Å². The second-order valence-corrected chi connectivity index (χ2v) is 26.7. The molecule has 31 heteroatoms. The van der Waals surface area contributed by atoms with Crippen molar-refractivity contribution in [2.24, 2.45) is 10.9 Å². The number of aliphatic hydroxyl groups is 2. The Labute approximate surface area is 645 Å². The molecule has 0 fully saturated rings. The van der Waals surface area contributed by atoms with Crippen LogP contribution in [0, 0.1) is 5.92 Å². The lowest BCUT2D eigenvalue weighted by atomic mass is 9.89. The number of benzene rings is 5. The van der Waals surface area contributed by atoms with Crippen molar-refractivity contribution in [3.05, 3.63) is 180 Å². The van der Waals surface area contributed by atoms with Crippen molar-refractivity contribution in [2.45, 2.75) is 127 Å². The first-order valence-electron chi connectivity index (χ1n) is 35.4. The minimum absolute atomic E-state index is 0.0113. The molecule has 5 aromatic rings. The summed E-state index contributed by atoms with van der Waals surface area (Å²) < 4.78 is 48.4. The number of fused-ring (bicyclic) bond motifs is 15. The predicted octanol–water partition coefficient (Wildman–Crippen LogP) is 9.20. The Hall–Kier alpha value is -11.5. The maximum absolute atomic E-state index is 16.3. The Kier molecular flexibility index (Phi) is 31.0. The van der Waals surface area contributed by atoms with E-state index in [1.54, 1.807) is 13.8 Å². The standard InChI is InChI=1S/C79H89Cl2N9O20/c1-10-16-17-18-19-20-27-82-79(102)85-61(91)41-54-73(96)86-65-47-37-59(109-56-25-22-45(35-51(56)80)69(93)67(76(99)84-54)89-72(95)53(33-43(7)8)83-42-62(92)107-31-14-5)71(103-9)60(38-47)110-57-26-23-46(36-52(57)81)70(94)68-77(100)88-66(78(101)108-32-15-6)50-39-48(104-28-11-2)40-58(106-30-13-4)63(50)49-34-44(21-24-55(49)105-29-12-3)64(74(97)90-68)87-75(65)98/h11-15,21-26,34-40,42-43,53-54,64-70,93-94H,2-6,10,16-20,27-33,41H2,1,7-9H3,(H,84,99)(H,86,96)(H,87,98)(H,88,100)(H,89,95)(H,90,97)(H2,82,85,91,102)/b83-42+/t53-,54+,64-,65-,66+,67-,68+,69-,70-/m1/s1. The van der Waals surface area contributed by atoms with Crippen LogP contribution in [0.4, 0.5) is 4.79 Å². The molecule has 0 spiro atoms.